The molecule has 2 atom stereocenters. The largest absolute Gasteiger partial charge is 0.395 e. The molecule has 1 fully saturated rings. The van der Waals surface area contributed by atoms with E-state index in [4.69, 9.17) is 12.2 Å². The second kappa shape index (κ2) is 8.20. The molecule has 0 radical (unpaired) electrons. The van der Waals surface area contributed by atoms with E-state index < -0.39 is 0 Å². The van der Waals surface area contributed by atoms with E-state index >= 15 is 0 Å². The third-order valence-corrected chi connectivity index (χ3v) is 6.29. The number of aryl methyl sites for hydroxylation is 3. The Morgan fingerprint density at radius 1 is 1.10 bits per heavy atom. The Hall–Kier alpha value is -2.70. The molecule has 1 aliphatic rings. The Labute approximate surface area is 183 Å². The van der Waals surface area contributed by atoms with Gasteiger partial charge in [-0.05, 0) is 80.9 Å². The van der Waals surface area contributed by atoms with Crippen molar-refractivity contribution >= 4 is 17.3 Å². The number of hydrogen-bond acceptors (Lipinski definition) is 3. The van der Waals surface area contributed by atoms with Gasteiger partial charge in [0, 0.05) is 29.8 Å². The molecule has 156 valence electrons. The molecule has 3 heterocycles. The Morgan fingerprint density at radius 2 is 1.90 bits per heavy atom. The molecule has 0 bridgehead atoms. The normalized spacial score (nSPS) is 18.7. The molecule has 2 N–H and O–H groups in total. The van der Waals surface area contributed by atoms with Crippen LogP contribution in [0.4, 0.5) is 0 Å². The molecule has 0 amide bonds. The van der Waals surface area contributed by atoms with E-state index in [-0.39, 0.29) is 18.7 Å². The summed E-state index contributed by atoms with van der Waals surface area (Å²) >= 11 is 5.64. The predicted molar refractivity (Wildman–Crippen MR) is 124 cm³/mol. The highest BCUT2D eigenvalue weighted by Gasteiger charge is 2.41. The fraction of sp³-hybridized carbons (Fsp3) is 0.333. The summed E-state index contributed by atoms with van der Waals surface area (Å²) in [5.74, 6) is 0. The average Bonchev–Trinajstić information content (AvgIpc) is 3.21. The molecule has 0 unspecified atom stereocenters. The summed E-state index contributed by atoms with van der Waals surface area (Å²) in [6.45, 7) is 9.10. The summed E-state index contributed by atoms with van der Waals surface area (Å²) < 4.78 is 2.33. The summed E-state index contributed by atoms with van der Waals surface area (Å²) in [6, 6.07) is 14.6. The molecule has 0 saturated carbocycles. The lowest BCUT2D eigenvalue weighted by Gasteiger charge is -2.27. The monoisotopic (exact) mass is 420 g/mol. The quantitative estimate of drug-likeness (QED) is 0.610. The van der Waals surface area contributed by atoms with Crippen LogP contribution in [-0.4, -0.2) is 37.8 Å². The molecule has 2 aromatic heterocycles. The first-order valence-corrected chi connectivity index (χ1v) is 10.7. The van der Waals surface area contributed by atoms with Gasteiger partial charge in [0.05, 0.1) is 24.4 Å². The summed E-state index contributed by atoms with van der Waals surface area (Å²) in [5, 5.41) is 13.8. The van der Waals surface area contributed by atoms with Crippen LogP contribution in [0.2, 0.25) is 0 Å². The minimum atomic E-state index is -0.0715. The Bertz CT molecular complexity index is 1080. The van der Waals surface area contributed by atoms with Gasteiger partial charge in [0.25, 0.3) is 0 Å². The van der Waals surface area contributed by atoms with Crippen LogP contribution < -0.4 is 5.32 Å². The number of aromatic nitrogens is 2. The van der Waals surface area contributed by atoms with Gasteiger partial charge >= 0.3 is 0 Å². The van der Waals surface area contributed by atoms with Crippen molar-refractivity contribution in [2.24, 2.45) is 0 Å². The van der Waals surface area contributed by atoms with Gasteiger partial charge in [-0.2, -0.15) is 0 Å². The van der Waals surface area contributed by atoms with Crippen LogP contribution in [0, 0.1) is 27.7 Å². The highest BCUT2D eigenvalue weighted by molar-refractivity contribution is 7.80. The summed E-state index contributed by atoms with van der Waals surface area (Å²) in [7, 11) is 0. The summed E-state index contributed by atoms with van der Waals surface area (Å²) in [5.41, 5.74) is 8.18. The maximum atomic E-state index is 9.69. The number of nitrogens with one attached hydrogen (secondary N) is 1. The van der Waals surface area contributed by atoms with E-state index in [1.807, 2.05) is 24.4 Å². The van der Waals surface area contributed by atoms with Crippen molar-refractivity contribution in [3.8, 4) is 5.69 Å². The van der Waals surface area contributed by atoms with Crippen molar-refractivity contribution in [3.63, 3.8) is 0 Å². The van der Waals surface area contributed by atoms with E-state index in [1.165, 1.54) is 33.8 Å². The van der Waals surface area contributed by atoms with Gasteiger partial charge in [0.2, 0.25) is 0 Å². The zero-order chi connectivity index (χ0) is 21.4. The molecule has 6 heteroatoms. The molecule has 0 spiro atoms. The van der Waals surface area contributed by atoms with E-state index in [9.17, 15) is 5.11 Å². The third kappa shape index (κ3) is 3.50. The SMILES string of the molecule is Cc1ccc(C)c(-n2c(C)cc([C@@H]3[C@H](c4ccccn4)NC(=S)N3CCO)c2C)c1. The summed E-state index contributed by atoms with van der Waals surface area (Å²) in [4.78, 5) is 6.68. The lowest BCUT2D eigenvalue weighted by atomic mass is 9.97. The van der Waals surface area contributed by atoms with Crippen molar-refractivity contribution in [2.75, 3.05) is 13.2 Å². The van der Waals surface area contributed by atoms with Gasteiger partial charge in [0.15, 0.2) is 5.11 Å². The van der Waals surface area contributed by atoms with Crippen LogP contribution in [0.1, 0.15) is 45.9 Å². The van der Waals surface area contributed by atoms with E-state index in [0.29, 0.717) is 11.7 Å². The van der Waals surface area contributed by atoms with Crippen molar-refractivity contribution < 1.29 is 5.11 Å². The first-order chi connectivity index (χ1) is 14.4. The van der Waals surface area contributed by atoms with Gasteiger partial charge in [-0.1, -0.05) is 18.2 Å². The molecule has 5 nitrogen and oxygen atoms in total. The fourth-order valence-electron chi connectivity index (χ4n) is 4.51. The van der Waals surface area contributed by atoms with Crippen LogP contribution >= 0.6 is 12.2 Å². The Balaban J connectivity index is 1.86. The number of pyridine rings is 1. The van der Waals surface area contributed by atoms with Crippen molar-refractivity contribution in [1.29, 1.82) is 0 Å². The molecule has 30 heavy (non-hydrogen) atoms. The second-order valence-corrected chi connectivity index (χ2v) is 8.38. The Morgan fingerprint density at radius 3 is 2.60 bits per heavy atom. The standard InChI is InChI=1S/C24H28N4OS/c1-15-8-9-16(2)21(13-15)28-17(3)14-19(18(28)4)23-22(20-7-5-6-10-25-20)26-24(30)27(23)11-12-29/h5-10,13-14,22-23,29H,11-12H2,1-4H3,(H,26,30)/t22-,23+/m0/s1. The molecule has 1 aliphatic heterocycles. The van der Waals surface area contributed by atoms with Crippen LogP contribution in [0.5, 0.6) is 0 Å². The predicted octanol–water partition coefficient (Wildman–Crippen LogP) is 4.07. The highest BCUT2D eigenvalue weighted by atomic mass is 32.1. The van der Waals surface area contributed by atoms with Crippen molar-refractivity contribution in [1.82, 2.24) is 19.8 Å². The van der Waals surface area contributed by atoms with Crippen LogP contribution in [0.15, 0.2) is 48.7 Å². The van der Waals surface area contributed by atoms with E-state index in [0.717, 1.165) is 5.69 Å². The minimum absolute atomic E-state index is 0.0374. The molecule has 4 rings (SSSR count). The van der Waals surface area contributed by atoms with Crippen molar-refractivity contribution in [3.05, 3.63) is 82.4 Å². The molecular weight excluding hydrogens is 392 g/mol. The van der Waals surface area contributed by atoms with Gasteiger partial charge in [-0.3, -0.25) is 4.98 Å². The summed E-state index contributed by atoms with van der Waals surface area (Å²) in [6.07, 6.45) is 1.81. The second-order valence-electron chi connectivity index (χ2n) is 8.00. The number of nitrogens with zero attached hydrogens (tertiary/aromatic N) is 3. The fourth-order valence-corrected chi connectivity index (χ4v) is 4.84. The molecule has 3 aromatic rings. The molecule has 1 aromatic carbocycles. The minimum Gasteiger partial charge on any atom is -0.395 e. The van der Waals surface area contributed by atoms with E-state index in [1.54, 1.807) is 0 Å². The van der Waals surface area contributed by atoms with Crippen LogP contribution in [0.25, 0.3) is 5.69 Å². The lowest BCUT2D eigenvalue weighted by Crippen LogP contribution is -2.32. The third-order valence-electron chi connectivity index (χ3n) is 5.93. The molecule has 1 saturated heterocycles. The lowest BCUT2D eigenvalue weighted by molar-refractivity contribution is 0.223. The van der Waals surface area contributed by atoms with Gasteiger partial charge in [-0.25, -0.2) is 0 Å². The molecular formula is C24H28N4OS. The number of aliphatic hydroxyl groups excluding tert-OH is 1. The Kier molecular flexibility index (Phi) is 5.62. The van der Waals surface area contributed by atoms with Gasteiger partial charge in [0.1, 0.15) is 0 Å². The molecule has 0 aliphatic carbocycles. The zero-order valence-electron chi connectivity index (χ0n) is 17.9. The number of hydrogen-bond donors (Lipinski definition) is 2. The maximum absolute atomic E-state index is 9.69. The highest BCUT2D eigenvalue weighted by Crippen LogP contribution is 2.41. The number of benzene rings is 1. The van der Waals surface area contributed by atoms with Crippen LogP contribution in [-0.2, 0) is 0 Å². The zero-order valence-corrected chi connectivity index (χ0v) is 18.7. The maximum Gasteiger partial charge on any atom is 0.170 e. The number of β-amino-alcohol motifs (C(OH)–C–C–N with tert-alkyl or cyclic N) is 1. The van der Waals surface area contributed by atoms with Crippen molar-refractivity contribution in [2.45, 2.75) is 39.8 Å². The number of rotatable bonds is 5. The number of aliphatic hydroxyl groups is 1. The smallest absolute Gasteiger partial charge is 0.170 e. The van der Waals surface area contributed by atoms with E-state index in [2.05, 4.69) is 71.7 Å². The average molecular weight is 421 g/mol. The topological polar surface area (TPSA) is 53.3 Å². The van der Waals surface area contributed by atoms with Crippen LogP contribution in [0.3, 0.4) is 0 Å². The van der Waals surface area contributed by atoms with Gasteiger partial charge in [-0.15, -0.1) is 0 Å². The van der Waals surface area contributed by atoms with Gasteiger partial charge < -0.3 is 19.9 Å². The number of thiocarbonyl (C=S) groups is 1. The first kappa shape index (κ1) is 20.6. The first-order valence-electron chi connectivity index (χ1n) is 10.3.